The number of piperidine rings is 2. The van der Waals surface area contributed by atoms with Crippen LogP contribution in [0.4, 0.5) is 14.5 Å². The summed E-state index contributed by atoms with van der Waals surface area (Å²) < 4.78 is 27.5. The lowest BCUT2D eigenvalue weighted by atomic mass is 9.75. The maximum Gasteiger partial charge on any atom is 0.253 e. The Labute approximate surface area is 182 Å². The lowest BCUT2D eigenvalue weighted by Gasteiger charge is -2.42. The molecule has 0 saturated carbocycles. The van der Waals surface area contributed by atoms with Crippen molar-refractivity contribution in [1.29, 1.82) is 0 Å². The predicted octanol–water partition coefficient (Wildman–Crippen LogP) is 4.41. The zero-order valence-corrected chi connectivity index (χ0v) is 17.8. The highest BCUT2D eigenvalue weighted by molar-refractivity contribution is 5.94. The second-order valence-corrected chi connectivity index (χ2v) is 9.00. The Morgan fingerprint density at radius 3 is 2.39 bits per heavy atom. The molecular weight excluding hydrogens is 398 g/mol. The third kappa shape index (κ3) is 4.90. The Balaban J connectivity index is 1.47. The fraction of sp³-hybridized carbons (Fsp3) is 0.480. The molecule has 2 aromatic carbocycles. The van der Waals surface area contributed by atoms with Crippen molar-refractivity contribution < 1.29 is 18.7 Å². The van der Waals surface area contributed by atoms with E-state index >= 15 is 0 Å². The third-order valence-electron chi connectivity index (χ3n) is 6.70. The van der Waals surface area contributed by atoms with Crippen molar-refractivity contribution in [1.82, 2.24) is 4.90 Å². The van der Waals surface area contributed by atoms with Gasteiger partial charge < -0.3 is 14.9 Å². The Bertz CT molecular complexity index is 912. The molecule has 2 heterocycles. The standard InChI is InChI=1S/C25H30F2N2O2/c26-21-8-5-20(23(27)15-21)16-25(18-30)11-4-14-29(17-25)24(31)19-6-9-22(10-7-19)28-12-2-1-3-13-28/h5-10,15,30H,1-4,11-14,16-18H2/t25-/m0/s1. The maximum atomic E-state index is 14.2. The molecule has 0 aromatic heterocycles. The number of aliphatic hydroxyl groups excluding tert-OH is 1. The van der Waals surface area contributed by atoms with Gasteiger partial charge in [0.25, 0.3) is 5.91 Å². The van der Waals surface area contributed by atoms with E-state index in [0.29, 0.717) is 30.6 Å². The minimum atomic E-state index is -0.625. The Hall–Kier alpha value is -2.47. The van der Waals surface area contributed by atoms with E-state index in [1.165, 1.54) is 31.4 Å². The molecule has 0 spiro atoms. The number of hydrogen-bond donors (Lipinski definition) is 1. The van der Waals surface area contributed by atoms with E-state index < -0.39 is 17.0 Å². The largest absolute Gasteiger partial charge is 0.396 e. The summed E-state index contributed by atoms with van der Waals surface area (Å²) >= 11 is 0. The third-order valence-corrected chi connectivity index (χ3v) is 6.70. The van der Waals surface area contributed by atoms with Crippen molar-refractivity contribution >= 4 is 11.6 Å². The number of nitrogens with zero attached hydrogens (tertiary/aromatic N) is 2. The number of amides is 1. The monoisotopic (exact) mass is 428 g/mol. The van der Waals surface area contributed by atoms with Crippen molar-refractivity contribution in [3.63, 3.8) is 0 Å². The fourth-order valence-corrected chi connectivity index (χ4v) is 4.93. The molecule has 4 nitrogen and oxygen atoms in total. The molecule has 2 aliphatic heterocycles. The van der Waals surface area contributed by atoms with Gasteiger partial charge in [0.15, 0.2) is 0 Å². The number of carbonyl (C=O) groups is 1. The molecule has 1 atom stereocenters. The second-order valence-electron chi connectivity index (χ2n) is 9.00. The van der Waals surface area contributed by atoms with Crippen LogP contribution in [0.1, 0.15) is 48.0 Å². The topological polar surface area (TPSA) is 43.8 Å². The van der Waals surface area contributed by atoms with Crippen LogP contribution in [-0.2, 0) is 6.42 Å². The molecule has 31 heavy (non-hydrogen) atoms. The van der Waals surface area contributed by atoms with Crippen molar-refractivity contribution in [3.05, 3.63) is 65.2 Å². The fourth-order valence-electron chi connectivity index (χ4n) is 4.93. The summed E-state index contributed by atoms with van der Waals surface area (Å²) in [4.78, 5) is 17.3. The summed E-state index contributed by atoms with van der Waals surface area (Å²) in [5, 5.41) is 10.2. The van der Waals surface area contributed by atoms with Gasteiger partial charge in [-0.05, 0) is 74.4 Å². The molecule has 2 saturated heterocycles. The first-order chi connectivity index (χ1) is 15.0. The lowest BCUT2D eigenvalue weighted by Crippen LogP contribution is -2.49. The van der Waals surface area contributed by atoms with Gasteiger partial charge in [0.1, 0.15) is 11.6 Å². The molecule has 6 heteroatoms. The van der Waals surface area contributed by atoms with Crippen LogP contribution in [0.2, 0.25) is 0 Å². The minimum absolute atomic E-state index is 0.0673. The van der Waals surface area contributed by atoms with E-state index in [4.69, 9.17) is 0 Å². The van der Waals surface area contributed by atoms with Crippen LogP contribution in [0.15, 0.2) is 42.5 Å². The van der Waals surface area contributed by atoms with E-state index in [1.54, 1.807) is 4.90 Å². The van der Waals surface area contributed by atoms with Crippen molar-refractivity contribution in [3.8, 4) is 0 Å². The van der Waals surface area contributed by atoms with Gasteiger partial charge in [-0.1, -0.05) is 6.07 Å². The van der Waals surface area contributed by atoms with Gasteiger partial charge in [-0.25, -0.2) is 8.78 Å². The summed E-state index contributed by atoms with van der Waals surface area (Å²) in [5.41, 5.74) is 1.52. The summed E-state index contributed by atoms with van der Waals surface area (Å²) in [7, 11) is 0. The summed E-state index contributed by atoms with van der Waals surface area (Å²) in [6, 6.07) is 11.3. The molecule has 0 unspecified atom stereocenters. The van der Waals surface area contributed by atoms with Gasteiger partial charge in [-0.2, -0.15) is 0 Å². The van der Waals surface area contributed by atoms with Crippen LogP contribution < -0.4 is 4.90 Å². The molecule has 1 N–H and O–H groups in total. The molecule has 1 amide bonds. The molecule has 2 aliphatic rings. The van der Waals surface area contributed by atoms with E-state index in [-0.39, 0.29) is 18.9 Å². The molecule has 2 aromatic rings. The maximum absolute atomic E-state index is 14.2. The Morgan fingerprint density at radius 2 is 1.71 bits per heavy atom. The number of halogens is 2. The van der Waals surface area contributed by atoms with Gasteiger partial charge in [0.05, 0.1) is 6.61 Å². The highest BCUT2D eigenvalue weighted by Gasteiger charge is 2.37. The highest BCUT2D eigenvalue weighted by atomic mass is 19.1. The number of aliphatic hydroxyl groups is 1. The van der Waals surface area contributed by atoms with Crippen LogP contribution in [0.25, 0.3) is 0 Å². The Kier molecular flexibility index (Phi) is 6.56. The number of benzene rings is 2. The highest BCUT2D eigenvalue weighted by Crippen LogP contribution is 2.35. The zero-order valence-electron chi connectivity index (χ0n) is 17.8. The van der Waals surface area contributed by atoms with Crippen LogP contribution in [-0.4, -0.2) is 48.7 Å². The molecular formula is C25H30F2N2O2. The van der Waals surface area contributed by atoms with Crippen molar-refractivity contribution in [2.75, 3.05) is 37.7 Å². The summed E-state index contributed by atoms with van der Waals surface area (Å²) in [5.74, 6) is -1.29. The number of rotatable bonds is 5. The van der Waals surface area contributed by atoms with Gasteiger partial charge in [-0.15, -0.1) is 0 Å². The smallest absolute Gasteiger partial charge is 0.253 e. The van der Waals surface area contributed by atoms with Crippen LogP contribution in [0.3, 0.4) is 0 Å². The first-order valence-electron chi connectivity index (χ1n) is 11.2. The average Bonchev–Trinajstić information content (AvgIpc) is 2.81. The van der Waals surface area contributed by atoms with Gasteiger partial charge in [0.2, 0.25) is 0 Å². The second kappa shape index (κ2) is 9.35. The van der Waals surface area contributed by atoms with E-state index in [1.807, 2.05) is 24.3 Å². The Morgan fingerprint density at radius 1 is 0.968 bits per heavy atom. The zero-order chi connectivity index (χ0) is 21.8. The van der Waals surface area contributed by atoms with Gasteiger partial charge in [0, 0.05) is 48.9 Å². The van der Waals surface area contributed by atoms with Gasteiger partial charge in [-0.3, -0.25) is 4.79 Å². The molecule has 0 aliphatic carbocycles. The number of hydrogen-bond acceptors (Lipinski definition) is 3. The van der Waals surface area contributed by atoms with Crippen molar-refractivity contribution in [2.45, 2.75) is 38.5 Å². The molecule has 2 fully saturated rings. The minimum Gasteiger partial charge on any atom is -0.396 e. The first kappa shape index (κ1) is 21.8. The molecule has 166 valence electrons. The van der Waals surface area contributed by atoms with Crippen LogP contribution in [0.5, 0.6) is 0 Å². The average molecular weight is 429 g/mol. The van der Waals surface area contributed by atoms with Crippen LogP contribution >= 0.6 is 0 Å². The predicted molar refractivity (Wildman–Crippen MR) is 117 cm³/mol. The van der Waals surface area contributed by atoms with E-state index in [2.05, 4.69) is 4.90 Å². The van der Waals surface area contributed by atoms with E-state index in [9.17, 15) is 18.7 Å². The molecule has 0 radical (unpaired) electrons. The number of anilines is 1. The normalized spacial score (nSPS) is 21.9. The number of carbonyl (C=O) groups excluding carboxylic acids is 1. The van der Waals surface area contributed by atoms with Gasteiger partial charge >= 0.3 is 0 Å². The first-order valence-corrected chi connectivity index (χ1v) is 11.2. The number of likely N-dealkylation sites (tertiary alicyclic amines) is 1. The molecule has 0 bridgehead atoms. The summed E-state index contributed by atoms with van der Waals surface area (Å²) in [6.07, 6.45) is 5.38. The van der Waals surface area contributed by atoms with E-state index in [0.717, 1.165) is 31.3 Å². The SMILES string of the molecule is O=C(c1ccc(N2CCCCC2)cc1)N1CCC[C@](CO)(Cc2ccc(F)cc2F)C1. The van der Waals surface area contributed by atoms with Crippen LogP contribution in [0, 0.1) is 17.0 Å². The molecule has 4 rings (SSSR count). The summed E-state index contributed by atoms with van der Waals surface area (Å²) in [6.45, 7) is 2.92. The lowest BCUT2D eigenvalue weighted by molar-refractivity contribution is 0.0268. The quantitative estimate of drug-likeness (QED) is 0.767. The van der Waals surface area contributed by atoms with Crippen molar-refractivity contribution in [2.24, 2.45) is 5.41 Å².